The van der Waals surface area contributed by atoms with Crippen molar-refractivity contribution in [3.05, 3.63) is 105 Å². The van der Waals surface area contributed by atoms with Gasteiger partial charge >= 0.3 is 0 Å². The van der Waals surface area contributed by atoms with Crippen molar-refractivity contribution in [2.24, 2.45) is 11.8 Å². The average molecular weight is 701 g/mol. The molecule has 0 saturated carbocycles. The third-order valence-corrected chi connectivity index (χ3v) is 11.1. The van der Waals surface area contributed by atoms with E-state index in [0.29, 0.717) is 0 Å². The van der Waals surface area contributed by atoms with Gasteiger partial charge in [0.05, 0.1) is 0 Å². The van der Waals surface area contributed by atoms with E-state index in [9.17, 15) is 0 Å². The number of halogens is 2. The van der Waals surface area contributed by atoms with Gasteiger partial charge in [0.2, 0.25) is 0 Å². The summed E-state index contributed by atoms with van der Waals surface area (Å²) in [7, 11) is 0. The highest BCUT2D eigenvalue weighted by atomic mass is 79.9. The molecule has 0 spiro atoms. The number of fused-ring (bicyclic) bond motifs is 3. The number of unbranched alkanes of at least 4 members (excludes halogenated alkanes) is 2. The Hall–Kier alpha value is -2.16. The molecule has 4 aromatic rings. The minimum atomic E-state index is 0.0181. The molecule has 1 aliphatic carbocycles. The summed E-state index contributed by atoms with van der Waals surface area (Å²) in [6.07, 6.45) is 12.8. The van der Waals surface area contributed by atoms with Gasteiger partial charge in [-0.2, -0.15) is 0 Å². The van der Waals surface area contributed by atoms with Crippen LogP contribution < -0.4 is 0 Å². The van der Waals surface area contributed by atoms with Gasteiger partial charge in [-0.15, -0.1) is 0 Å². The summed E-state index contributed by atoms with van der Waals surface area (Å²) in [6.45, 7) is 9.54. The van der Waals surface area contributed by atoms with E-state index >= 15 is 0 Å². The monoisotopic (exact) mass is 698 g/mol. The van der Waals surface area contributed by atoms with E-state index in [4.69, 9.17) is 0 Å². The van der Waals surface area contributed by atoms with Gasteiger partial charge in [0.1, 0.15) is 0 Å². The van der Waals surface area contributed by atoms with Gasteiger partial charge in [0.25, 0.3) is 0 Å². The van der Waals surface area contributed by atoms with Crippen LogP contribution in [0.5, 0.6) is 0 Å². The van der Waals surface area contributed by atoms with Crippen LogP contribution in [-0.4, -0.2) is 0 Å². The topological polar surface area (TPSA) is 0 Å². The fraction of sp³-hybridized carbons (Fsp3) is 0.415. The molecule has 0 heterocycles. The second-order valence-corrected chi connectivity index (χ2v) is 14.7. The zero-order chi connectivity index (χ0) is 30.4. The molecule has 2 unspecified atom stereocenters. The second kappa shape index (κ2) is 14.7. The van der Waals surface area contributed by atoms with Crippen LogP contribution in [0.4, 0.5) is 0 Å². The van der Waals surface area contributed by atoms with Crippen molar-refractivity contribution in [2.45, 2.75) is 97.3 Å². The van der Waals surface area contributed by atoms with Crippen molar-refractivity contribution in [2.75, 3.05) is 0 Å². The molecule has 5 rings (SSSR count). The molecule has 4 aromatic carbocycles. The normalized spacial score (nSPS) is 14.7. The largest absolute Gasteiger partial charge is 0.0654 e. The number of rotatable bonds is 14. The highest BCUT2D eigenvalue weighted by molar-refractivity contribution is 9.10. The summed E-state index contributed by atoms with van der Waals surface area (Å²) < 4.78 is 2.26. The smallest absolute Gasteiger partial charge is 0.0220 e. The van der Waals surface area contributed by atoms with Crippen molar-refractivity contribution in [3.8, 4) is 33.4 Å². The Balaban J connectivity index is 1.73. The van der Waals surface area contributed by atoms with Crippen molar-refractivity contribution in [1.29, 1.82) is 0 Å². The molecule has 0 fully saturated rings. The molecule has 2 heteroatoms. The molecule has 0 nitrogen and oxygen atoms in total. The molecule has 2 atom stereocenters. The van der Waals surface area contributed by atoms with Gasteiger partial charge < -0.3 is 0 Å². The predicted molar refractivity (Wildman–Crippen MR) is 195 cm³/mol. The summed E-state index contributed by atoms with van der Waals surface area (Å²) in [5.41, 5.74) is 11.3. The van der Waals surface area contributed by atoms with E-state index in [0.717, 1.165) is 20.8 Å². The molecule has 0 saturated heterocycles. The van der Waals surface area contributed by atoms with E-state index in [1.54, 1.807) is 11.1 Å². The van der Waals surface area contributed by atoms with E-state index < -0.39 is 0 Å². The third kappa shape index (κ3) is 7.07. The SMILES string of the molecule is CCCCC(CC)CC1(CC(CC)CCCC)c2cc(-c3ccc(Br)cc3)ccc2-c2ccc(-c3ccc(Br)cc3)cc21. The zero-order valence-electron chi connectivity index (χ0n) is 26.6. The van der Waals surface area contributed by atoms with Crippen LogP contribution in [0.3, 0.4) is 0 Å². The molecular formula is C41H48Br2. The van der Waals surface area contributed by atoms with E-state index in [2.05, 4.69) is 144 Å². The molecule has 0 N–H and O–H groups in total. The first-order valence-corrected chi connectivity index (χ1v) is 18.3. The van der Waals surface area contributed by atoms with Crippen LogP contribution >= 0.6 is 31.9 Å². The standard InChI is InChI=1S/C41H48Br2/c1-5-9-11-29(7-3)27-41(28-30(8-4)12-10-6-2)39-25-33(31-13-19-35(42)20-14-31)17-23-37(39)38-24-18-34(26-40(38)41)32-15-21-36(43)22-16-32/h13-26,29-30H,5-12,27-28H2,1-4H3. The van der Waals surface area contributed by atoms with Crippen LogP contribution in [-0.2, 0) is 5.41 Å². The zero-order valence-corrected chi connectivity index (χ0v) is 29.7. The summed E-state index contributed by atoms with van der Waals surface area (Å²) >= 11 is 7.29. The Morgan fingerprint density at radius 1 is 0.512 bits per heavy atom. The van der Waals surface area contributed by atoms with Crippen molar-refractivity contribution in [1.82, 2.24) is 0 Å². The molecule has 0 aliphatic heterocycles. The summed E-state index contributed by atoms with van der Waals surface area (Å²) in [4.78, 5) is 0. The maximum Gasteiger partial charge on any atom is 0.0220 e. The van der Waals surface area contributed by atoms with Crippen LogP contribution in [0.1, 0.15) is 103 Å². The number of hydrogen-bond acceptors (Lipinski definition) is 0. The molecule has 226 valence electrons. The van der Waals surface area contributed by atoms with E-state index in [1.165, 1.54) is 97.6 Å². The van der Waals surface area contributed by atoms with Crippen molar-refractivity contribution in [3.63, 3.8) is 0 Å². The third-order valence-electron chi connectivity index (χ3n) is 10.1. The predicted octanol–water partition coefficient (Wildman–Crippen LogP) is 14.0. The fourth-order valence-corrected chi connectivity index (χ4v) is 8.06. The molecule has 0 bridgehead atoms. The van der Waals surface area contributed by atoms with Gasteiger partial charge in [0, 0.05) is 14.4 Å². The van der Waals surface area contributed by atoms with Crippen LogP contribution in [0.15, 0.2) is 93.9 Å². The Morgan fingerprint density at radius 3 is 1.23 bits per heavy atom. The number of benzene rings is 4. The number of hydrogen-bond donors (Lipinski definition) is 0. The average Bonchev–Trinajstić information content (AvgIpc) is 3.29. The first-order chi connectivity index (χ1) is 20.9. The van der Waals surface area contributed by atoms with Crippen molar-refractivity contribution >= 4 is 31.9 Å². The molecule has 0 amide bonds. The highest BCUT2D eigenvalue weighted by Crippen LogP contribution is 2.57. The minimum Gasteiger partial charge on any atom is -0.0654 e. The first kappa shape index (κ1) is 32.2. The Kier molecular flexibility index (Phi) is 11.1. The Labute approximate surface area is 278 Å². The second-order valence-electron chi connectivity index (χ2n) is 12.9. The molecule has 43 heavy (non-hydrogen) atoms. The Morgan fingerprint density at radius 2 is 0.884 bits per heavy atom. The van der Waals surface area contributed by atoms with Gasteiger partial charge in [-0.1, -0.05) is 159 Å². The summed E-state index contributed by atoms with van der Waals surface area (Å²) in [6, 6.07) is 32.5. The molecule has 0 aromatic heterocycles. The summed E-state index contributed by atoms with van der Waals surface area (Å²) in [5, 5.41) is 0. The van der Waals surface area contributed by atoms with Gasteiger partial charge in [-0.3, -0.25) is 0 Å². The maximum absolute atomic E-state index is 3.64. The quantitative estimate of drug-likeness (QED) is 0.123. The fourth-order valence-electron chi connectivity index (χ4n) is 7.53. The van der Waals surface area contributed by atoms with Crippen molar-refractivity contribution < 1.29 is 0 Å². The lowest BCUT2D eigenvalue weighted by atomic mass is 9.64. The lowest BCUT2D eigenvalue weighted by Crippen LogP contribution is -2.31. The van der Waals surface area contributed by atoms with Crippen LogP contribution in [0.25, 0.3) is 33.4 Å². The summed E-state index contributed by atoms with van der Waals surface area (Å²) in [5.74, 6) is 1.44. The van der Waals surface area contributed by atoms with E-state index in [-0.39, 0.29) is 5.41 Å². The van der Waals surface area contributed by atoms with Gasteiger partial charge in [0.15, 0.2) is 0 Å². The lowest BCUT2D eigenvalue weighted by molar-refractivity contribution is 0.266. The minimum absolute atomic E-state index is 0.0181. The van der Waals surface area contributed by atoms with E-state index in [1.807, 2.05) is 0 Å². The maximum atomic E-state index is 3.64. The van der Waals surface area contributed by atoms with Gasteiger partial charge in [-0.25, -0.2) is 0 Å². The molecular weight excluding hydrogens is 652 g/mol. The van der Waals surface area contributed by atoms with Crippen LogP contribution in [0, 0.1) is 11.8 Å². The van der Waals surface area contributed by atoms with Gasteiger partial charge in [-0.05, 0) is 106 Å². The first-order valence-electron chi connectivity index (χ1n) is 16.7. The lowest BCUT2D eigenvalue weighted by Gasteiger charge is -2.39. The Bertz CT molecular complexity index is 1370. The molecule has 0 radical (unpaired) electrons. The molecule has 1 aliphatic rings. The highest BCUT2D eigenvalue weighted by Gasteiger charge is 2.45. The van der Waals surface area contributed by atoms with Crippen LogP contribution in [0.2, 0.25) is 0 Å².